The van der Waals surface area contributed by atoms with E-state index >= 15 is 0 Å². The third-order valence-corrected chi connectivity index (χ3v) is 3.61. The highest BCUT2D eigenvalue weighted by Crippen LogP contribution is 2.29. The lowest BCUT2D eigenvalue weighted by molar-refractivity contribution is 0.111. The maximum atomic E-state index is 13.8. The van der Waals surface area contributed by atoms with Crippen molar-refractivity contribution >= 4 is 17.9 Å². The van der Waals surface area contributed by atoms with Crippen LogP contribution in [0.1, 0.15) is 16.1 Å². The molecule has 0 saturated heterocycles. The first-order valence-electron chi connectivity index (χ1n) is 6.57. The highest BCUT2D eigenvalue weighted by Gasteiger charge is 2.17. The highest BCUT2D eigenvalue weighted by atomic mass is 35.5. The number of nitrogens with zero attached hydrogens (tertiary/aromatic N) is 3. The summed E-state index contributed by atoms with van der Waals surface area (Å²) in [5.41, 5.74) is 1.74. The molecule has 1 aromatic heterocycles. The van der Waals surface area contributed by atoms with Crippen LogP contribution >= 0.6 is 11.6 Å². The molecule has 22 heavy (non-hydrogen) atoms. The van der Waals surface area contributed by atoms with E-state index in [9.17, 15) is 9.18 Å². The molecule has 3 aromatic rings. The first kappa shape index (κ1) is 14.4. The topological polar surface area (TPSA) is 47.8 Å². The van der Waals surface area contributed by atoms with Gasteiger partial charge in [0.2, 0.25) is 0 Å². The molecule has 0 aliphatic rings. The Bertz CT molecular complexity index is 832. The van der Waals surface area contributed by atoms with E-state index < -0.39 is 0 Å². The summed E-state index contributed by atoms with van der Waals surface area (Å²) in [5, 5.41) is 8.27. The summed E-state index contributed by atoms with van der Waals surface area (Å²) in [5.74, 6) is -0.337. The molecule has 0 aliphatic heterocycles. The van der Waals surface area contributed by atoms with Crippen LogP contribution in [0.15, 0.2) is 48.5 Å². The Morgan fingerprint density at radius 3 is 2.59 bits per heavy atom. The second-order valence-electron chi connectivity index (χ2n) is 4.67. The van der Waals surface area contributed by atoms with Gasteiger partial charge in [-0.1, -0.05) is 53.2 Å². The number of carbonyl (C=O) groups excluding carboxylic acids is 1. The quantitative estimate of drug-likeness (QED) is 0.691. The summed E-state index contributed by atoms with van der Waals surface area (Å²) in [6.45, 7) is 0.161. The number of hydrogen-bond acceptors (Lipinski definition) is 3. The van der Waals surface area contributed by atoms with Gasteiger partial charge >= 0.3 is 0 Å². The number of rotatable bonds is 4. The third-order valence-electron chi connectivity index (χ3n) is 3.28. The number of aldehydes is 1. The average molecular weight is 316 g/mol. The number of halogens is 2. The lowest BCUT2D eigenvalue weighted by Crippen LogP contribution is -2.06. The van der Waals surface area contributed by atoms with E-state index in [1.165, 1.54) is 10.7 Å². The largest absolute Gasteiger partial charge is 0.296 e. The normalized spacial score (nSPS) is 10.6. The van der Waals surface area contributed by atoms with Crippen molar-refractivity contribution in [1.29, 1.82) is 0 Å². The standard InChI is InChI=1S/C16H11ClFN3O/c17-13-7-3-2-6-12(13)16-15(10-22)19-20-21(16)9-11-5-1-4-8-14(11)18/h1-8,10H,9H2. The lowest BCUT2D eigenvalue weighted by atomic mass is 10.1. The van der Waals surface area contributed by atoms with Crippen LogP contribution in [0.2, 0.25) is 5.02 Å². The van der Waals surface area contributed by atoms with E-state index in [0.717, 1.165) is 0 Å². The molecule has 110 valence electrons. The minimum Gasteiger partial charge on any atom is -0.296 e. The van der Waals surface area contributed by atoms with Gasteiger partial charge in [0, 0.05) is 11.1 Å². The van der Waals surface area contributed by atoms with Crippen LogP contribution in [0.25, 0.3) is 11.3 Å². The molecule has 6 heteroatoms. The molecule has 0 atom stereocenters. The Labute approximate surface area is 131 Å². The molecule has 4 nitrogen and oxygen atoms in total. The van der Waals surface area contributed by atoms with Crippen molar-refractivity contribution < 1.29 is 9.18 Å². The first-order valence-corrected chi connectivity index (χ1v) is 6.95. The van der Waals surface area contributed by atoms with Gasteiger partial charge in [-0.15, -0.1) is 5.10 Å². The number of benzene rings is 2. The highest BCUT2D eigenvalue weighted by molar-refractivity contribution is 6.33. The molecule has 0 fully saturated rings. The fourth-order valence-corrected chi connectivity index (χ4v) is 2.46. The van der Waals surface area contributed by atoms with E-state index in [-0.39, 0.29) is 18.1 Å². The summed E-state index contributed by atoms with van der Waals surface area (Å²) in [6, 6.07) is 13.5. The summed E-state index contributed by atoms with van der Waals surface area (Å²) in [6.07, 6.45) is 0.615. The second kappa shape index (κ2) is 6.07. The Kier molecular flexibility index (Phi) is 3.98. The monoisotopic (exact) mass is 315 g/mol. The Hall–Kier alpha value is -2.53. The second-order valence-corrected chi connectivity index (χ2v) is 5.08. The van der Waals surface area contributed by atoms with Crippen molar-refractivity contribution in [3.05, 3.63) is 70.6 Å². The van der Waals surface area contributed by atoms with E-state index in [1.807, 2.05) is 0 Å². The van der Waals surface area contributed by atoms with Crippen molar-refractivity contribution in [3.8, 4) is 11.3 Å². The van der Waals surface area contributed by atoms with Gasteiger partial charge in [0.25, 0.3) is 0 Å². The van der Waals surface area contributed by atoms with Crippen molar-refractivity contribution in [3.63, 3.8) is 0 Å². The number of carbonyl (C=O) groups is 1. The van der Waals surface area contributed by atoms with Gasteiger partial charge in [-0.05, 0) is 12.1 Å². The van der Waals surface area contributed by atoms with Gasteiger partial charge in [-0.3, -0.25) is 4.79 Å². The zero-order chi connectivity index (χ0) is 15.5. The van der Waals surface area contributed by atoms with Crippen LogP contribution in [-0.4, -0.2) is 21.3 Å². The van der Waals surface area contributed by atoms with Gasteiger partial charge in [-0.2, -0.15) is 0 Å². The van der Waals surface area contributed by atoms with E-state index in [0.29, 0.717) is 28.1 Å². The molecular formula is C16H11ClFN3O. The summed E-state index contributed by atoms with van der Waals surface area (Å²) >= 11 is 6.19. The maximum absolute atomic E-state index is 13.8. The molecule has 0 saturated carbocycles. The van der Waals surface area contributed by atoms with Gasteiger partial charge in [-0.25, -0.2) is 9.07 Å². The van der Waals surface area contributed by atoms with E-state index in [2.05, 4.69) is 10.3 Å². The molecule has 0 amide bonds. The summed E-state index contributed by atoms with van der Waals surface area (Å²) < 4.78 is 15.3. The molecule has 0 radical (unpaired) electrons. The Morgan fingerprint density at radius 1 is 1.14 bits per heavy atom. The lowest BCUT2D eigenvalue weighted by Gasteiger charge is -2.09. The molecule has 3 rings (SSSR count). The van der Waals surface area contributed by atoms with Crippen molar-refractivity contribution in [1.82, 2.24) is 15.0 Å². The van der Waals surface area contributed by atoms with E-state index in [1.54, 1.807) is 42.5 Å². The maximum Gasteiger partial charge on any atom is 0.172 e. The van der Waals surface area contributed by atoms with Crippen LogP contribution in [0.5, 0.6) is 0 Å². The molecule has 0 N–H and O–H groups in total. The molecule has 0 unspecified atom stereocenters. The molecule has 0 bridgehead atoms. The first-order chi connectivity index (χ1) is 10.7. The third kappa shape index (κ3) is 2.63. The summed E-state index contributed by atoms with van der Waals surface area (Å²) in [7, 11) is 0. The predicted octanol–water partition coefficient (Wildman–Crippen LogP) is 3.60. The Balaban J connectivity index is 2.11. The van der Waals surface area contributed by atoms with Crippen LogP contribution in [0.3, 0.4) is 0 Å². The van der Waals surface area contributed by atoms with Gasteiger partial charge in [0.05, 0.1) is 11.6 Å². The minimum absolute atomic E-state index is 0.161. The fraction of sp³-hybridized carbons (Fsp3) is 0.0625. The molecular weight excluding hydrogens is 305 g/mol. The van der Waals surface area contributed by atoms with Gasteiger partial charge in [0.15, 0.2) is 12.0 Å². The minimum atomic E-state index is -0.337. The summed E-state index contributed by atoms with van der Waals surface area (Å²) in [4.78, 5) is 11.2. The predicted molar refractivity (Wildman–Crippen MR) is 81.4 cm³/mol. The van der Waals surface area contributed by atoms with Crippen molar-refractivity contribution in [2.75, 3.05) is 0 Å². The zero-order valence-electron chi connectivity index (χ0n) is 11.4. The van der Waals surface area contributed by atoms with E-state index in [4.69, 9.17) is 11.6 Å². The fourth-order valence-electron chi connectivity index (χ4n) is 2.23. The van der Waals surface area contributed by atoms with Crippen molar-refractivity contribution in [2.24, 2.45) is 0 Å². The SMILES string of the molecule is O=Cc1nnn(Cc2ccccc2F)c1-c1ccccc1Cl. The van der Waals surface area contributed by atoms with Crippen LogP contribution in [0.4, 0.5) is 4.39 Å². The molecule has 1 heterocycles. The number of hydrogen-bond donors (Lipinski definition) is 0. The zero-order valence-corrected chi connectivity index (χ0v) is 12.2. The van der Waals surface area contributed by atoms with Crippen LogP contribution < -0.4 is 0 Å². The Morgan fingerprint density at radius 2 is 1.86 bits per heavy atom. The molecule has 0 aliphatic carbocycles. The average Bonchev–Trinajstić information content (AvgIpc) is 2.93. The van der Waals surface area contributed by atoms with Crippen LogP contribution in [0, 0.1) is 5.82 Å². The molecule has 0 spiro atoms. The van der Waals surface area contributed by atoms with Crippen molar-refractivity contribution in [2.45, 2.75) is 6.54 Å². The number of aromatic nitrogens is 3. The molecule has 2 aromatic carbocycles. The smallest absolute Gasteiger partial charge is 0.172 e. The van der Waals surface area contributed by atoms with Crippen LogP contribution in [-0.2, 0) is 6.54 Å². The van der Waals surface area contributed by atoms with Gasteiger partial charge < -0.3 is 0 Å². The van der Waals surface area contributed by atoms with Gasteiger partial charge in [0.1, 0.15) is 11.5 Å².